The van der Waals surface area contributed by atoms with Crippen molar-refractivity contribution in [2.45, 2.75) is 118 Å². The van der Waals surface area contributed by atoms with Gasteiger partial charge in [0.05, 0.1) is 6.10 Å². The molecule has 5 fully saturated rings. The van der Waals surface area contributed by atoms with Crippen LogP contribution in [0.2, 0.25) is 0 Å². The quantitative estimate of drug-likeness (QED) is 0.488. The normalized spacial score (nSPS) is 54.6. The fourth-order valence-corrected chi connectivity index (χ4v) is 10.3. The van der Waals surface area contributed by atoms with Gasteiger partial charge in [0.25, 0.3) is 0 Å². The zero-order valence-electron chi connectivity index (χ0n) is 20.7. The summed E-state index contributed by atoms with van der Waals surface area (Å²) in [5.41, 5.74) is 1.15. The number of fused-ring (bicyclic) bond motifs is 5. The Bertz CT molecular complexity index is 628. The summed E-state index contributed by atoms with van der Waals surface area (Å²) in [5, 5.41) is 10.3. The first-order valence-electron chi connectivity index (χ1n) is 13.9. The molecule has 0 spiro atoms. The van der Waals surface area contributed by atoms with Crippen molar-refractivity contribution < 1.29 is 5.11 Å². The van der Waals surface area contributed by atoms with Gasteiger partial charge in [-0.25, -0.2) is 0 Å². The molecule has 0 aliphatic heterocycles. The van der Waals surface area contributed by atoms with Gasteiger partial charge in [0.2, 0.25) is 0 Å². The van der Waals surface area contributed by atoms with E-state index < -0.39 is 0 Å². The lowest BCUT2D eigenvalue weighted by atomic mass is 9.44. The van der Waals surface area contributed by atoms with Crippen molar-refractivity contribution in [3.63, 3.8) is 0 Å². The third-order valence-electron chi connectivity index (χ3n) is 12.4. The fraction of sp³-hybridized carbons (Fsp3) is 1.00. The molecule has 0 amide bonds. The zero-order chi connectivity index (χ0) is 21.3. The lowest BCUT2D eigenvalue weighted by Crippen LogP contribution is -2.54. The van der Waals surface area contributed by atoms with Crippen LogP contribution in [0.15, 0.2) is 0 Å². The first kappa shape index (κ1) is 21.8. The van der Waals surface area contributed by atoms with Crippen LogP contribution in [0.25, 0.3) is 0 Å². The van der Waals surface area contributed by atoms with Crippen LogP contribution in [0.5, 0.6) is 0 Å². The average Bonchev–Trinajstić information content (AvgIpc) is 3.33. The molecule has 12 unspecified atom stereocenters. The summed E-state index contributed by atoms with van der Waals surface area (Å²) in [5.74, 6) is 8.65. The van der Waals surface area contributed by atoms with Crippen molar-refractivity contribution in [2.75, 3.05) is 0 Å². The van der Waals surface area contributed by atoms with E-state index in [1.54, 1.807) is 0 Å². The zero-order valence-corrected chi connectivity index (χ0v) is 20.7. The summed E-state index contributed by atoms with van der Waals surface area (Å²) >= 11 is 0. The second kappa shape index (κ2) is 7.78. The van der Waals surface area contributed by atoms with Gasteiger partial charge >= 0.3 is 0 Å². The van der Waals surface area contributed by atoms with Gasteiger partial charge in [-0.2, -0.15) is 0 Å². The highest BCUT2D eigenvalue weighted by Crippen LogP contribution is 2.68. The lowest BCUT2D eigenvalue weighted by Gasteiger charge is -2.61. The van der Waals surface area contributed by atoms with Crippen LogP contribution in [-0.4, -0.2) is 11.2 Å². The number of aliphatic hydroxyl groups is 1. The molecular formula is C29H50O. The minimum atomic E-state index is -0.00814. The van der Waals surface area contributed by atoms with Gasteiger partial charge in [-0.15, -0.1) is 0 Å². The molecule has 5 aliphatic carbocycles. The topological polar surface area (TPSA) is 20.2 Å². The molecule has 0 heterocycles. The Morgan fingerprint density at radius 2 is 1.47 bits per heavy atom. The molecule has 5 rings (SSSR count). The van der Waals surface area contributed by atoms with Gasteiger partial charge < -0.3 is 5.11 Å². The van der Waals surface area contributed by atoms with Crippen molar-refractivity contribution in [2.24, 2.45) is 64.1 Å². The Morgan fingerprint density at radius 1 is 0.800 bits per heavy atom. The van der Waals surface area contributed by atoms with E-state index in [2.05, 4.69) is 34.6 Å². The SMILES string of the molecule is CC(CCC(C)C1CCC2C3CCC4CC(O)CCC4(C)C3CCC12C)C1CC1C. The van der Waals surface area contributed by atoms with E-state index in [-0.39, 0.29) is 6.10 Å². The molecule has 0 aromatic rings. The van der Waals surface area contributed by atoms with Crippen molar-refractivity contribution in [3.05, 3.63) is 0 Å². The predicted octanol–water partition coefficient (Wildman–Crippen LogP) is 7.71. The Balaban J connectivity index is 1.26. The maximum absolute atomic E-state index is 10.3. The van der Waals surface area contributed by atoms with Crippen LogP contribution in [0.1, 0.15) is 112 Å². The molecule has 0 radical (unpaired) electrons. The number of rotatable bonds is 5. The molecule has 0 bridgehead atoms. The summed E-state index contributed by atoms with van der Waals surface area (Å²) in [6.45, 7) is 13.0. The molecule has 12 atom stereocenters. The Hall–Kier alpha value is -0.0400. The van der Waals surface area contributed by atoms with E-state index in [4.69, 9.17) is 0 Å². The summed E-state index contributed by atoms with van der Waals surface area (Å²) in [4.78, 5) is 0. The minimum absolute atomic E-state index is 0.00814. The van der Waals surface area contributed by atoms with Crippen molar-refractivity contribution in [3.8, 4) is 0 Å². The van der Waals surface area contributed by atoms with Gasteiger partial charge in [0.1, 0.15) is 0 Å². The van der Waals surface area contributed by atoms with Gasteiger partial charge in [-0.3, -0.25) is 0 Å². The third-order valence-corrected chi connectivity index (χ3v) is 12.4. The average molecular weight is 415 g/mol. The molecule has 30 heavy (non-hydrogen) atoms. The maximum atomic E-state index is 10.3. The molecule has 5 aliphatic rings. The largest absolute Gasteiger partial charge is 0.393 e. The summed E-state index contributed by atoms with van der Waals surface area (Å²) < 4.78 is 0. The van der Waals surface area contributed by atoms with E-state index in [0.717, 1.165) is 66.1 Å². The van der Waals surface area contributed by atoms with E-state index in [9.17, 15) is 5.11 Å². The van der Waals surface area contributed by atoms with E-state index in [1.165, 1.54) is 64.2 Å². The Labute approximate surface area is 187 Å². The van der Waals surface area contributed by atoms with Crippen LogP contribution < -0.4 is 0 Å². The lowest BCUT2D eigenvalue weighted by molar-refractivity contribution is -0.129. The predicted molar refractivity (Wildman–Crippen MR) is 126 cm³/mol. The summed E-state index contributed by atoms with van der Waals surface area (Å²) in [7, 11) is 0. The molecule has 172 valence electrons. The summed E-state index contributed by atoms with van der Waals surface area (Å²) in [6, 6.07) is 0. The summed E-state index contributed by atoms with van der Waals surface area (Å²) in [6.07, 6.45) is 16.8. The van der Waals surface area contributed by atoms with Crippen LogP contribution in [0.3, 0.4) is 0 Å². The second-order valence-electron chi connectivity index (χ2n) is 13.7. The number of aliphatic hydroxyl groups excluding tert-OH is 1. The van der Waals surface area contributed by atoms with Crippen molar-refractivity contribution in [1.82, 2.24) is 0 Å². The van der Waals surface area contributed by atoms with Gasteiger partial charge in [0, 0.05) is 0 Å². The van der Waals surface area contributed by atoms with Crippen molar-refractivity contribution in [1.29, 1.82) is 0 Å². The highest BCUT2D eigenvalue weighted by Gasteiger charge is 2.60. The van der Waals surface area contributed by atoms with Crippen LogP contribution >= 0.6 is 0 Å². The van der Waals surface area contributed by atoms with Crippen LogP contribution in [-0.2, 0) is 0 Å². The Kier molecular flexibility index (Phi) is 5.65. The highest BCUT2D eigenvalue weighted by molar-refractivity contribution is 5.09. The van der Waals surface area contributed by atoms with E-state index in [1.807, 2.05) is 0 Å². The van der Waals surface area contributed by atoms with E-state index >= 15 is 0 Å². The molecule has 0 aromatic carbocycles. The molecule has 1 nitrogen and oxygen atoms in total. The minimum Gasteiger partial charge on any atom is -0.393 e. The van der Waals surface area contributed by atoms with E-state index in [0.29, 0.717) is 10.8 Å². The fourth-order valence-electron chi connectivity index (χ4n) is 10.3. The highest BCUT2D eigenvalue weighted by atomic mass is 16.3. The van der Waals surface area contributed by atoms with Crippen molar-refractivity contribution >= 4 is 0 Å². The smallest absolute Gasteiger partial charge is 0.0543 e. The Morgan fingerprint density at radius 3 is 2.20 bits per heavy atom. The number of hydrogen-bond acceptors (Lipinski definition) is 1. The van der Waals surface area contributed by atoms with Gasteiger partial charge in [-0.1, -0.05) is 47.5 Å². The third kappa shape index (κ3) is 3.43. The molecule has 1 heteroatoms. The molecule has 0 saturated heterocycles. The standard InChI is InChI=1S/C29H50O/c1-18(24-16-20(24)3)6-7-19(2)25-10-11-26-23-9-8-21-17-22(30)12-14-28(21,4)27(23)13-15-29(25,26)5/h18-27,30H,6-17H2,1-5H3. The molecule has 0 aromatic heterocycles. The van der Waals surface area contributed by atoms with Gasteiger partial charge in [-0.05, 0) is 128 Å². The van der Waals surface area contributed by atoms with Crippen LogP contribution in [0.4, 0.5) is 0 Å². The molecule has 5 saturated carbocycles. The first-order valence-corrected chi connectivity index (χ1v) is 13.9. The van der Waals surface area contributed by atoms with Gasteiger partial charge in [0.15, 0.2) is 0 Å². The number of hydrogen-bond donors (Lipinski definition) is 1. The molecule has 1 N–H and O–H groups in total. The first-order chi connectivity index (χ1) is 14.2. The molecular weight excluding hydrogens is 364 g/mol. The monoisotopic (exact) mass is 414 g/mol. The van der Waals surface area contributed by atoms with Crippen LogP contribution in [0, 0.1) is 64.1 Å². The maximum Gasteiger partial charge on any atom is 0.0543 e. The second-order valence-corrected chi connectivity index (χ2v) is 13.7.